The first-order valence-corrected chi connectivity index (χ1v) is 8.50. The molecule has 2 unspecified atom stereocenters. The van der Waals surface area contributed by atoms with Gasteiger partial charge in [0.05, 0.1) is 6.61 Å². The summed E-state index contributed by atoms with van der Waals surface area (Å²) in [5.74, 6) is 2.47. The van der Waals surface area contributed by atoms with Gasteiger partial charge in [-0.25, -0.2) is 0 Å². The van der Waals surface area contributed by atoms with E-state index in [9.17, 15) is 0 Å². The topological polar surface area (TPSA) is 40.1 Å². The molecule has 1 N–H and O–H groups in total. The molecule has 2 atom stereocenters. The molecule has 1 saturated carbocycles. The van der Waals surface area contributed by atoms with Crippen LogP contribution >= 0.6 is 24.0 Å². The van der Waals surface area contributed by atoms with Crippen molar-refractivity contribution in [1.29, 1.82) is 0 Å². The van der Waals surface area contributed by atoms with Crippen LogP contribution in [0.1, 0.15) is 25.7 Å². The normalized spacial score (nSPS) is 29.5. The Kier molecular flexibility index (Phi) is 7.21. The van der Waals surface area contributed by atoms with Crippen molar-refractivity contribution in [2.75, 3.05) is 53.5 Å². The van der Waals surface area contributed by atoms with Crippen LogP contribution in [0.15, 0.2) is 4.99 Å². The highest BCUT2D eigenvalue weighted by Crippen LogP contribution is 2.31. The number of halogens is 1. The van der Waals surface area contributed by atoms with Gasteiger partial charge >= 0.3 is 0 Å². The predicted molar refractivity (Wildman–Crippen MR) is 101 cm³/mol. The zero-order valence-corrected chi connectivity index (χ0v) is 16.3. The highest BCUT2D eigenvalue weighted by Gasteiger charge is 2.34. The van der Waals surface area contributed by atoms with Gasteiger partial charge in [0.15, 0.2) is 5.96 Å². The Labute approximate surface area is 151 Å². The quantitative estimate of drug-likeness (QED) is 0.416. The number of likely N-dealkylation sites (tertiary alicyclic amines) is 1. The minimum atomic E-state index is 0. The minimum Gasteiger partial charge on any atom is -0.381 e. The maximum atomic E-state index is 5.46. The molecule has 3 rings (SSSR count). The molecule has 22 heavy (non-hydrogen) atoms. The highest BCUT2D eigenvalue weighted by atomic mass is 127. The van der Waals surface area contributed by atoms with Gasteiger partial charge in [0, 0.05) is 52.3 Å². The average molecular weight is 422 g/mol. The van der Waals surface area contributed by atoms with Gasteiger partial charge in [-0.05, 0) is 38.1 Å². The first kappa shape index (κ1) is 18.3. The molecule has 3 aliphatic rings. The summed E-state index contributed by atoms with van der Waals surface area (Å²) in [6.07, 6.45) is 5.36. The Hall–Kier alpha value is -0.0800. The number of nitrogens with zero attached hydrogens (tertiary/aromatic N) is 3. The molecule has 3 fully saturated rings. The van der Waals surface area contributed by atoms with Gasteiger partial charge in [-0.1, -0.05) is 0 Å². The van der Waals surface area contributed by atoms with Crippen molar-refractivity contribution in [1.82, 2.24) is 15.1 Å². The molecule has 0 spiro atoms. The molecule has 1 aliphatic carbocycles. The summed E-state index contributed by atoms with van der Waals surface area (Å²) in [4.78, 5) is 9.37. The second kappa shape index (κ2) is 8.68. The number of hydrogen-bond acceptors (Lipinski definition) is 3. The fourth-order valence-corrected chi connectivity index (χ4v) is 3.62. The Bertz CT molecular complexity index is 369. The van der Waals surface area contributed by atoms with Crippen molar-refractivity contribution in [3.63, 3.8) is 0 Å². The molecule has 6 heteroatoms. The molecule has 128 valence electrons. The zero-order valence-electron chi connectivity index (χ0n) is 14.0. The van der Waals surface area contributed by atoms with E-state index in [-0.39, 0.29) is 24.0 Å². The second-order valence-corrected chi connectivity index (χ2v) is 6.92. The molecule has 0 radical (unpaired) electrons. The summed E-state index contributed by atoms with van der Waals surface area (Å²) in [7, 11) is 4.02. The Balaban J connectivity index is 0.00000176. The van der Waals surface area contributed by atoms with Crippen LogP contribution in [0.3, 0.4) is 0 Å². The van der Waals surface area contributed by atoms with E-state index in [4.69, 9.17) is 4.74 Å². The monoisotopic (exact) mass is 422 g/mol. The summed E-state index contributed by atoms with van der Waals surface area (Å²) >= 11 is 0. The zero-order chi connectivity index (χ0) is 14.7. The summed E-state index contributed by atoms with van der Waals surface area (Å²) in [6.45, 7) is 6.49. The first-order chi connectivity index (χ1) is 10.3. The fourth-order valence-electron chi connectivity index (χ4n) is 3.62. The molecule has 0 aromatic carbocycles. The van der Waals surface area contributed by atoms with Crippen LogP contribution in [0, 0.1) is 11.8 Å². The number of ether oxygens (including phenoxy) is 1. The molecule has 0 bridgehead atoms. The van der Waals surface area contributed by atoms with Gasteiger partial charge in [0.1, 0.15) is 0 Å². The molecule has 2 heterocycles. The van der Waals surface area contributed by atoms with Gasteiger partial charge in [0.25, 0.3) is 0 Å². The van der Waals surface area contributed by atoms with Gasteiger partial charge in [-0.3, -0.25) is 4.99 Å². The van der Waals surface area contributed by atoms with Crippen molar-refractivity contribution >= 4 is 29.9 Å². The number of nitrogens with one attached hydrogen (secondary N) is 1. The van der Waals surface area contributed by atoms with E-state index in [1.54, 1.807) is 0 Å². The van der Waals surface area contributed by atoms with Gasteiger partial charge in [-0.2, -0.15) is 0 Å². The van der Waals surface area contributed by atoms with Crippen LogP contribution in [0.25, 0.3) is 0 Å². The largest absolute Gasteiger partial charge is 0.381 e. The molecule has 0 amide bonds. The summed E-state index contributed by atoms with van der Waals surface area (Å²) in [5, 5.41) is 3.57. The summed E-state index contributed by atoms with van der Waals surface area (Å²) in [5.41, 5.74) is 0. The Morgan fingerprint density at radius 2 is 2.09 bits per heavy atom. The van der Waals surface area contributed by atoms with E-state index >= 15 is 0 Å². The molecule has 0 aromatic rings. The minimum absolute atomic E-state index is 0. The molecular weight excluding hydrogens is 391 g/mol. The third-order valence-corrected chi connectivity index (χ3v) is 5.06. The van der Waals surface area contributed by atoms with Crippen molar-refractivity contribution < 1.29 is 4.74 Å². The SMILES string of the molecule is CN=C(NCC1CCN(C2CC2)C1)N(C)CC1CCOC1.I. The molecule has 2 aliphatic heterocycles. The van der Waals surface area contributed by atoms with Crippen LogP contribution in [0.5, 0.6) is 0 Å². The predicted octanol–water partition coefficient (Wildman–Crippen LogP) is 1.63. The van der Waals surface area contributed by atoms with E-state index in [2.05, 4.69) is 27.2 Å². The number of hydrogen-bond donors (Lipinski definition) is 1. The lowest BCUT2D eigenvalue weighted by Gasteiger charge is -2.25. The van der Waals surface area contributed by atoms with Crippen molar-refractivity contribution in [2.24, 2.45) is 16.8 Å². The molecule has 2 saturated heterocycles. The van der Waals surface area contributed by atoms with E-state index < -0.39 is 0 Å². The Morgan fingerprint density at radius 3 is 2.73 bits per heavy atom. The first-order valence-electron chi connectivity index (χ1n) is 8.50. The Morgan fingerprint density at radius 1 is 1.27 bits per heavy atom. The fraction of sp³-hybridized carbons (Fsp3) is 0.938. The van der Waals surface area contributed by atoms with Gasteiger partial charge in [0.2, 0.25) is 0 Å². The third-order valence-electron chi connectivity index (χ3n) is 5.06. The van der Waals surface area contributed by atoms with E-state index in [1.165, 1.54) is 38.8 Å². The smallest absolute Gasteiger partial charge is 0.193 e. The standard InChI is InChI=1S/C16H30N4O.HI/c1-17-16(19(2)10-14-6-8-21-12-14)18-9-13-5-7-20(11-13)15-3-4-15;/h13-15H,3-12H2,1-2H3,(H,17,18);1H. The molecule has 5 nitrogen and oxygen atoms in total. The number of guanidine groups is 1. The van der Waals surface area contributed by atoms with Crippen LogP contribution in [0.2, 0.25) is 0 Å². The lowest BCUT2D eigenvalue weighted by Crippen LogP contribution is -2.43. The average Bonchev–Trinajstić information content (AvgIpc) is 3.00. The van der Waals surface area contributed by atoms with Crippen LogP contribution in [0.4, 0.5) is 0 Å². The second-order valence-electron chi connectivity index (χ2n) is 6.92. The lowest BCUT2D eigenvalue weighted by molar-refractivity contribution is 0.181. The maximum absolute atomic E-state index is 5.46. The molecular formula is C16H31IN4O. The van der Waals surface area contributed by atoms with E-state index in [1.807, 2.05) is 7.05 Å². The van der Waals surface area contributed by atoms with Crippen LogP contribution in [-0.2, 0) is 4.74 Å². The van der Waals surface area contributed by atoms with Crippen LogP contribution in [-0.4, -0.2) is 75.3 Å². The summed E-state index contributed by atoms with van der Waals surface area (Å²) in [6, 6.07) is 0.916. The molecule has 0 aromatic heterocycles. The lowest BCUT2D eigenvalue weighted by atomic mass is 10.1. The van der Waals surface area contributed by atoms with Crippen molar-refractivity contribution in [3.8, 4) is 0 Å². The van der Waals surface area contributed by atoms with Crippen LogP contribution < -0.4 is 5.32 Å². The van der Waals surface area contributed by atoms with Crippen molar-refractivity contribution in [3.05, 3.63) is 0 Å². The number of aliphatic imine (C=N–C) groups is 1. The van der Waals surface area contributed by atoms with E-state index in [0.29, 0.717) is 5.92 Å². The number of rotatable bonds is 5. The highest BCUT2D eigenvalue weighted by molar-refractivity contribution is 14.0. The van der Waals surface area contributed by atoms with E-state index in [0.717, 1.165) is 44.2 Å². The third kappa shape index (κ3) is 4.96. The van der Waals surface area contributed by atoms with Gasteiger partial charge < -0.3 is 19.9 Å². The van der Waals surface area contributed by atoms with Gasteiger partial charge in [-0.15, -0.1) is 24.0 Å². The van der Waals surface area contributed by atoms with Crippen molar-refractivity contribution in [2.45, 2.75) is 31.7 Å². The summed E-state index contributed by atoms with van der Waals surface area (Å²) < 4.78 is 5.46. The maximum Gasteiger partial charge on any atom is 0.193 e.